The van der Waals surface area contributed by atoms with Gasteiger partial charge in [-0.05, 0) is 42.0 Å². The van der Waals surface area contributed by atoms with Gasteiger partial charge in [-0.25, -0.2) is 22.2 Å². The van der Waals surface area contributed by atoms with Crippen molar-refractivity contribution in [3.8, 4) is 5.75 Å². The van der Waals surface area contributed by atoms with Gasteiger partial charge >= 0.3 is 0 Å². The number of nitrogens with one attached hydrogen (secondary N) is 2. The number of hydrogen-bond donors (Lipinski definition) is 2. The van der Waals surface area contributed by atoms with Crippen molar-refractivity contribution in [2.75, 3.05) is 11.3 Å². The average Bonchev–Trinajstić information content (AvgIpc) is 3.41. The molecule has 33 heavy (non-hydrogen) atoms. The molecule has 0 fully saturated rings. The largest absolute Gasteiger partial charge is 0.493 e. The normalized spacial score (nSPS) is 13.1. The number of fused-ring (bicyclic) bond motifs is 2. The molecule has 2 N–H and O–H groups in total. The molecule has 0 saturated carbocycles. The maximum Gasteiger partial charge on any atom is 0.262 e. The Morgan fingerprint density at radius 1 is 1.18 bits per heavy atom. The smallest absolute Gasteiger partial charge is 0.262 e. The average molecular weight is 490 g/mol. The highest BCUT2D eigenvalue weighted by molar-refractivity contribution is 7.92. The van der Waals surface area contributed by atoms with Crippen molar-refractivity contribution >= 4 is 44.1 Å². The van der Waals surface area contributed by atoms with E-state index >= 15 is 4.39 Å². The molecule has 2 aromatic heterocycles. The number of H-pyrrole nitrogens is 1. The molecule has 0 aliphatic carbocycles. The van der Waals surface area contributed by atoms with Crippen LogP contribution in [-0.2, 0) is 16.4 Å². The Balaban J connectivity index is 1.53. The van der Waals surface area contributed by atoms with Gasteiger partial charge < -0.3 is 9.72 Å². The predicted molar refractivity (Wildman–Crippen MR) is 117 cm³/mol. The second-order valence-electron chi connectivity index (χ2n) is 7.34. The van der Waals surface area contributed by atoms with Gasteiger partial charge in [0.05, 0.1) is 27.8 Å². The molecule has 11 heteroatoms. The highest BCUT2D eigenvalue weighted by Gasteiger charge is 2.27. The first-order valence-electron chi connectivity index (χ1n) is 9.68. The molecule has 0 bridgehead atoms. The fraction of sp³-hybridized carbons (Fsp3) is 0.0909. The molecule has 0 saturated heterocycles. The summed E-state index contributed by atoms with van der Waals surface area (Å²) in [6, 6.07) is 7.45. The Hall–Kier alpha value is -3.50. The number of ether oxygens (including phenoxy) is 1. The number of aromatic amines is 1. The summed E-state index contributed by atoms with van der Waals surface area (Å²) in [5.74, 6) is -2.88. The molecule has 1 aliphatic heterocycles. The number of anilines is 1. The van der Waals surface area contributed by atoms with Gasteiger partial charge in [-0.3, -0.25) is 9.52 Å². The van der Waals surface area contributed by atoms with Crippen LogP contribution in [-0.4, -0.2) is 30.8 Å². The van der Waals surface area contributed by atoms with Gasteiger partial charge in [0.2, 0.25) is 5.78 Å². The van der Waals surface area contributed by atoms with Gasteiger partial charge in [0.1, 0.15) is 17.2 Å². The number of sulfonamides is 1. The van der Waals surface area contributed by atoms with Gasteiger partial charge in [-0.2, -0.15) is 0 Å². The lowest BCUT2D eigenvalue weighted by atomic mass is 10.0. The molecule has 4 aromatic rings. The molecule has 0 unspecified atom stereocenters. The summed E-state index contributed by atoms with van der Waals surface area (Å²) in [7, 11) is -4.22. The number of aromatic nitrogens is 2. The molecular formula is C22H14ClF2N3O4S. The Morgan fingerprint density at radius 2 is 2.00 bits per heavy atom. The Labute approximate surface area is 191 Å². The van der Waals surface area contributed by atoms with E-state index in [2.05, 4.69) is 14.7 Å². The quantitative estimate of drug-likeness (QED) is 0.403. The van der Waals surface area contributed by atoms with Crippen LogP contribution in [0.1, 0.15) is 21.5 Å². The van der Waals surface area contributed by atoms with Crippen molar-refractivity contribution in [1.29, 1.82) is 0 Å². The summed E-state index contributed by atoms with van der Waals surface area (Å²) >= 11 is 5.93. The monoisotopic (exact) mass is 489 g/mol. The van der Waals surface area contributed by atoms with Crippen LogP contribution in [0.3, 0.4) is 0 Å². The lowest BCUT2D eigenvalue weighted by molar-refractivity contribution is 0.103. The predicted octanol–water partition coefficient (Wildman–Crippen LogP) is 4.46. The van der Waals surface area contributed by atoms with Gasteiger partial charge in [-0.15, -0.1) is 0 Å². The molecule has 0 atom stereocenters. The van der Waals surface area contributed by atoms with E-state index in [1.54, 1.807) is 0 Å². The number of rotatable bonds is 5. The zero-order valence-corrected chi connectivity index (χ0v) is 18.2. The zero-order chi connectivity index (χ0) is 23.3. The molecule has 0 amide bonds. The van der Waals surface area contributed by atoms with Gasteiger partial charge in [0.25, 0.3) is 10.0 Å². The van der Waals surface area contributed by atoms with E-state index in [1.165, 1.54) is 36.7 Å². The second kappa shape index (κ2) is 7.82. The van der Waals surface area contributed by atoms with E-state index in [0.29, 0.717) is 30.0 Å². The van der Waals surface area contributed by atoms with Crippen LogP contribution >= 0.6 is 11.6 Å². The number of benzene rings is 2. The van der Waals surface area contributed by atoms with E-state index < -0.39 is 38.7 Å². The fourth-order valence-corrected chi connectivity index (χ4v) is 4.94. The van der Waals surface area contributed by atoms with E-state index in [0.717, 1.165) is 12.1 Å². The molecule has 0 spiro atoms. The van der Waals surface area contributed by atoms with Crippen molar-refractivity contribution in [3.05, 3.63) is 82.1 Å². The minimum absolute atomic E-state index is 0.0589. The Bertz CT molecular complexity index is 1550. The molecule has 3 heterocycles. The van der Waals surface area contributed by atoms with Gasteiger partial charge in [-0.1, -0.05) is 11.6 Å². The minimum atomic E-state index is -4.22. The zero-order valence-electron chi connectivity index (χ0n) is 16.7. The third kappa shape index (κ3) is 3.70. The molecule has 1 aliphatic rings. The summed E-state index contributed by atoms with van der Waals surface area (Å²) in [5.41, 5.74) is -0.511. The third-order valence-electron chi connectivity index (χ3n) is 5.28. The molecule has 2 aromatic carbocycles. The van der Waals surface area contributed by atoms with Crippen molar-refractivity contribution < 1.29 is 26.7 Å². The number of pyridine rings is 1. The molecular weight excluding hydrogens is 476 g/mol. The Kier molecular flexibility index (Phi) is 5.06. The highest BCUT2D eigenvalue weighted by Crippen LogP contribution is 2.31. The number of carbonyl (C=O) groups excluding carboxylic acids is 1. The first-order valence-corrected chi connectivity index (χ1v) is 11.5. The maximum atomic E-state index is 15.3. The van der Waals surface area contributed by atoms with Gasteiger partial charge in [0.15, 0.2) is 5.82 Å². The highest BCUT2D eigenvalue weighted by atomic mass is 35.5. The van der Waals surface area contributed by atoms with Crippen LogP contribution < -0.4 is 9.46 Å². The van der Waals surface area contributed by atoms with Crippen molar-refractivity contribution in [2.45, 2.75) is 11.3 Å². The van der Waals surface area contributed by atoms with E-state index in [-0.39, 0.29) is 20.9 Å². The molecule has 5 rings (SSSR count). The number of hydrogen-bond acceptors (Lipinski definition) is 5. The topological polar surface area (TPSA) is 101 Å². The van der Waals surface area contributed by atoms with Gasteiger partial charge in [0, 0.05) is 29.8 Å². The maximum absolute atomic E-state index is 15.3. The fourth-order valence-electron chi connectivity index (χ4n) is 3.67. The number of ketones is 1. The molecule has 168 valence electrons. The number of carbonyl (C=O) groups is 1. The van der Waals surface area contributed by atoms with Crippen LogP contribution in [0.4, 0.5) is 14.5 Å². The Morgan fingerprint density at radius 3 is 2.82 bits per heavy atom. The minimum Gasteiger partial charge on any atom is -0.493 e. The van der Waals surface area contributed by atoms with Crippen LogP contribution in [0, 0.1) is 11.6 Å². The summed E-state index contributed by atoms with van der Waals surface area (Å²) in [4.78, 5) is 19.7. The SMILES string of the molecule is O=C(c1c(F)ccc(NS(=O)(=O)c2ccc3c(c2)CCO3)c1F)c1c[nH]c2ncc(Cl)cc12. The number of nitrogens with zero attached hydrogens (tertiary/aromatic N) is 1. The molecule has 0 radical (unpaired) electrons. The van der Waals surface area contributed by atoms with Crippen LogP contribution in [0.5, 0.6) is 5.75 Å². The van der Waals surface area contributed by atoms with Crippen molar-refractivity contribution in [1.82, 2.24) is 9.97 Å². The van der Waals surface area contributed by atoms with E-state index in [1.807, 2.05) is 0 Å². The van der Waals surface area contributed by atoms with Crippen LogP contribution in [0.25, 0.3) is 11.0 Å². The van der Waals surface area contributed by atoms with E-state index in [9.17, 15) is 17.6 Å². The van der Waals surface area contributed by atoms with E-state index in [4.69, 9.17) is 16.3 Å². The lowest BCUT2D eigenvalue weighted by Crippen LogP contribution is -2.16. The number of halogens is 3. The van der Waals surface area contributed by atoms with Crippen LogP contribution in [0.15, 0.2) is 53.7 Å². The lowest BCUT2D eigenvalue weighted by Gasteiger charge is -2.12. The second-order valence-corrected chi connectivity index (χ2v) is 9.46. The molecule has 7 nitrogen and oxygen atoms in total. The van der Waals surface area contributed by atoms with Crippen LogP contribution in [0.2, 0.25) is 5.02 Å². The third-order valence-corrected chi connectivity index (χ3v) is 6.85. The summed E-state index contributed by atoms with van der Waals surface area (Å²) in [5, 5.41) is 0.510. The summed E-state index contributed by atoms with van der Waals surface area (Å²) in [6.45, 7) is 0.443. The van der Waals surface area contributed by atoms with Crippen molar-refractivity contribution in [2.24, 2.45) is 0 Å². The summed E-state index contributed by atoms with van der Waals surface area (Å²) in [6.07, 6.45) is 3.17. The first kappa shape index (κ1) is 21.4. The summed E-state index contributed by atoms with van der Waals surface area (Å²) < 4.78 is 63.0. The standard InChI is InChI=1S/C22H14ClF2N3O4S/c23-12-8-14-15(10-27-22(14)26-9-12)21(29)19-16(24)2-3-17(20(19)25)28-33(30,31)13-1-4-18-11(7-13)5-6-32-18/h1-4,7-10,28H,5-6H2,(H,26,27). The first-order chi connectivity index (χ1) is 15.7. The van der Waals surface area contributed by atoms with Crippen molar-refractivity contribution in [3.63, 3.8) is 0 Å².